The molecule has 0 bridgehead atoms. The standard InChI is InChI=1S/C14H21ClN2O2S/c1-11-5-3-2-4-8-17(11)20(18,19)13-6-7-14(15)12(9-13)10-16/h6-7,9,11H,2-5,8,10,16H2,1H3. The van der Waals surface area contributed by atoms with E-state index in [0.29, 0.717) is 17.1 Å². The molecule has 20 heavy (non-hydrogen) atoms. The van der Waals surface area contributed by atoms with Crippen LogP contribution in [0.2, 0.25) is 5.02 Å². The molecule has 1 unspecified atom stereocenters. The van der Waals surface area contributed by atoms with Gasteiger partial charge in [-0.2, -0.15) is 4.31 Å². The summed E-state index contributed by atoms with van der Waals surface area (Å²) in [6.45, 7) is 2.80. The number of hydrogen-bond donors (Lipinski definition) is 1. The molecule has 112 valence electrons. The fourth-order valence-corrected chi connectivity index (χ4v) is 4.55. The second kappa shape index (κ2) is 6.43. The summed E-state index contributed by atoms with van der Waals surface area (Å²) in [5.74, 6) is 0. The maximum absolute atomic E-state index is 12.8. The Balaban J connectivity index is 2.38. The average Bonchev–Trinajstić information content (AvgIpc) is 2.64. The zero-order valence-corrected chi connectivity index (χ0v) is 13.3. The number of halogens is 1. The minimum Gasteiger partial charge on any atom is -0.326 e. The highest BCUT2D eigenvalue weighted by molar-refractivity contribution is 7.89. The van der Waals surface area contributed by atoms with Crippen molar-refractivity contribution in [2.24, 2.45) is 5.73 Å². The maximum atomic E-state index is 12.8. The lowest BCUT2D eigenvalue weighted by atomic mass is 10.1. The maximum Gasteiger partial charge on any atom is 0.243 e. The van der Waals surface area contributed by atoms with Crippen molar-refractivity contribution >= 4 is 21.6 Å². The molecule has 1 aromatic carbocycles. The van der Waals surface area contributed by atoms with Gasteiger partial charge < -0.3 is 5.73 Å². The Morgan fingerprint density at radius 3 is 2.80 bits per heavy atom. The number of rotatable bonds is 3. The summed E-state index contributed by atoms with van der Waals surface area (Å²) >= 11 is 6.00. The number of sulfonamides is 1. The molecule has 1 saturated heterocycles. The fraction of sp³-hybridized carbons (Fsp3) is 0.571. The van der Waals surface area contributed by atoms with E-state index in [0.717, 1.165) is 25.7 Å². The first-order chi connectivity index (χ1) is 9.46. The minimum atomic E-state index is -3.46. The number of nitrogens with zero attached hydrogens (tertiary/aromatic N) is 1. The Morgan fingerprint density at radius 1 is 1.35 bits per heavy atom. The highest BCUT2D eigenvalue weighted by Gasteiger charge is 2.30. The van der Waals surface area contributed by atoms with Crippen LogP contribution < -0.4 is 5.73 Å². The Bertz CT molecular complexity index is 575. The van der Waals surface area contributed by atoms with Gasteiger partial charge in [0.05, 0.1) is 4.90 Å². The van der Waals surface area contributed by atoms with Crippen molar-refractivity contribution in [2.45, 2.75) is 50.1 Å². The molecule has 1 aliphatic heterocycles. The second-order valence-electron chi connectivity index (χ2n) is 5.27. The normalized spacial score (nSPS) is 21.6. The first kappa shape index (κ1) is 15.8. The molecule has 2 N–H and O–H groups in total. The third-order valence-corrected chi connectivity index (χ3v) is 6.21. The SMILES string of the molecule is CC1CCCCCN1S(=O)(=O)c1ccc(Cl)c(CN)c1. The van der Waals surface area contributed by atoms with Crippen LogP contribution in [0.25, 0.3) is 0 Å². The van der Waals surface area contributed by atoms with Gasteiger partial charge in [0.15, 0.2) is 0 Å². The van der Waals surface area contributed by atoms with Crippen molar-refractivity contribution in [3.8, 4) is 0 Å². The molecule has 1 fully saturated rings. The predicted octanol–water partition coefficient (Wildman–Crippen LogP) is 2.75. The van der Waals surface area contributed by atoms with E-state index in [1.807, 2.05) is 6.92 Å². The van der Waals surface area contributed by atoms with Crippen LogP contribution in [0.15, 0.2) is 23.1 Å². The molecule has 1 heterocycles. The first-order valence-corrected chi connectivity index (χ1v) is 8.79. The summed E-state index contributed by atoms with van der Waals surface area (Å²) < 4.78 is 27.2. The Kier molecular flexibility index (Phi) is 5.07. The molecule has 1 atom stereocenters. The molecule has 1 aliphatic rings. The molecule has 6 heteroatoms. The minimum absolute atomic E-state index is 0.0412. The highest BCUT2D eigenvalue weighted by atomic mass is 35.5. The molecule has 4 nitrogen and oxygen atoms in total. The van der Waals surface area contributed by atoms with Gasteiger partial charge in [0.1, 0.15) is 0 Å². The smallest absolute Gasteiger partial charge is 0.243 e. The quantitative estimate of drug-likeness (QED) is 0.932. The number of benzene rings is 1. The van der Waals surface area contributed by atoms with Crippen molar-refractivity contribution in [3.05, 3.63) is 28.8 Å². The molecule has 0 saturated carbocycles. The summed E-state index contributed by atoms with van der Waals surface area (Å²) in [7, 11) is -3.46. The first-order valence-electron chi connectivity index (χ1n) is 6.97. The monoisotopic (exact) mass is 316 g/mol. The second-order valence-corrected chi connectivity index (χ2v) is 7.57. The van der Waals surface area contributed by atoms with E-state index in [-0.39, 0.29) is 17.5 Å². The summed E-state index contributed by atoms with van der Waals surface area (Å²) in [5, 5.41) is 0.510. The van der Waals surface area contributed by atoms with Crippen LogP contribution >= 0.6 is 11.6 Å². The molecule has 0 aromatic heterocycles. The van der Waals surface area contributed by atoms with Gasteiger partial charge in [-0.05, 0) is 43.5 Å². The van der Waals surface area contributed by atoms with Crippen LogP contribution in [0.5, 0.6) is 0 Å². The van der Waals surface area contributed by atoms with Gasteiger partial charge in [-0.3, -0.25) is 0 Å². The molecule has 0 amide bonds. The van der Waals surface area contributed by atoms with Gasteiger partial charge in [0.2, 0.25) is 10.0 Å². The van der Waals surface area contributed by atoms with Crippen molar-refractivity contribution in [1.29, 1.82) is 0 Å². The van der Waals surface area contributed by atoms with E-state index in [9.17, 15) is 8.42 Å². The third-order valence-electron chi connectivity index (χ3n) is 3.84. The zero-order chi connectivity index (χ0) is 14.8. The van der Waals surface area contributed by atoms with Crippen molar-refractivity contribution in [3.63, 3.8) is 0 Å². The van der Waals surface area contributed by atoms with E-state index in [1.54, 1.807) is 22.5 Å². The number of nitrogens with two attached hydrogens (primary N) is 1. The molecule has 0 spiro atoms. The van der Waals surface area contributed by atoms with Crippen LogP contribution in [0.1, 0.15) is 38.2 Å². The van der Waals surface area contributed by atoms with E-state index in [2.05, 4.69) is 0 Å². The molecule has 1 aromatic rings. The molecular formula is C14H21ClN2O2S. The number of hydrogen-bond acceptors (Lipinski definition) is 3. The fourth-order valence-electron chi connectivity index (χ4n) is 2.61. The predicted molar refractivity (Wildman–Crippen MR) is 81.2 cm³/mol. The Labute approximate surface area is 126 Å². The van der Waals surface area contributed by atoms with Crippen LogP contribution in [0, 0.1) is 0 Å². The average molecular weight is 317 g/mol. The van der Waals surface area contributed by atoms with Crippen LogP contribution in [-0.4, -0.2) is 25.3 Å². The Hall–Kier alpha value is -0.620. The van der Waals surface area contributed by atoms with Crippen LogP contribution in [-0.2, 0) is 16.6 Å². The van der Waals surface area contributed by atoms with E-state index < -0.39 is 10.0 Å². The van der Waals surface area contributed by atoms with Crippen LogP contribution in [0.4, 0.5) is 0 Å². The highest BCUT2D eigenvalue weighted by Crippen LogP contribution is 2.27. The van der Waals surface area contributed by atoms with Gasteiger partial charge >= 0.3 is 0 Å². The van der Waals surface area contributed by atoms with E-state index >= 15 is 0 Å². The summed E-state index contributed by atoms with van der Waals surface area (Å²) in [6.07, 6.45) is 4.00. The van der Waals surface area contributed by atoms with Gasteiger partial charge in [-0.1, -0.05) is 24.4 Å². The lowest BCUT2D eigenvalue weighted by molar-refractivity contribution is 0.342. The summed E-state index contributed by atoms with van der Waals surface area (Å²) in [4.78, 5) is 0.288. The van der Waals surface area contributed by atoms with Gasteiger partial charge in [0.25, 0.3) is 0 Å². The van der Waals surface area contributed by atoms with E-state index in [4.69, 9.17) is 17.3 Å². The Morgan fingerprint density at radius 2 is 2.10 bits per heavy atom. The lowest BCUT2D eigenvalue weighted by Crippen LogP contribution is -2.38. The molecule has 0 aliphatic carbocycles. The largest absolute Gasteiger partial charge is 0.326 e. The summed E-state index contributed by atoms with van der Waals surface area (Å²) in [5.41, 5.74) is 6.26. The van der Waals surface area contributed by atoms with Crippen molar-refractivity contribution < 1.29 is 8.42 Å². The van der Waals surface area contributed by atoms with Gasteiger partial charge in [-0.25, -0.2) is 8.42 Å². The topological polar surface area (TPSA) is 63.4 Å². The molecular weight excluding hydrogens is 296 g/mol. The van der Waals surface area contributed by atoms with Gasteiger partial charge in [0, 0.05) is 24.2 Å². The van der Waals surface area contributed by atoms with Crippen molar-refractivity contribution in [1.82, 2.24) is 4.31 Å². The lowest BCUT2D eigenvalue weighted by Gasteiger charge is -2.26. The zero-order valence-electron chi connectivity index (χ0n) is 11.7. The summed E-state index contributed by atoms with van der Waals surface area (Å²) in [6, 6.07) is 4.81. The van der Waals surface area contributed by atoms with Crippen LogP contribution in [0.3, 0.4) is 0 Å². The third kappa shape index (κ3) is 3.17. The molecule has 2 rings (SSSR count). The van der Waals surface area contributed by atoms with Gasteiger partial charge in [-0.15, -0.1) is 0 Å². The van der Waals surface area contributed by atoms with Crippen molar-refractivity contribution in [2.75, 3.05) is 6.54 Å². The van der Waals surface area contributed by atoms with E-state index in [1.165, 1.54) is 0 Å². The molecule has 0 radical (unpaired) electrons.